The van der Waals surface area contributed by atoms with Crippen LogP contribution in [0.5, 0.6) is 17.2 Å². The SMILES string of the molecule is COc1ccc(N2C(=S)N[C@H](c3ccccn3)[C@@H]2c2cc(C)n(-c3cc(Cl)ccc3OC)c2C)c(OC)c1. The third-order valence-electron chi connectivity index (χ3n) is 6.92. The second kappa shape index (κ2) is 10.6. The van der Waals surface area contributed by atoms with E-state index in [2.05, 4.69) is 39.7 Å². The first kappa shape index (κ1) is 25.9. The first-order chi connectivity index (χ1) is 18.4. The lowest BCUT2D eigenvalue weighted by Gasteiger charge is -2.29. The molecule has 0 spiro atoms. The van der Waals surface area contributed by atoms with Crippen LogP contribution < -0.4 is 24.4 Å². The third kappa shape index (κ3) is 4.44. The van der Waals surface area contributed by atoms with E-state index in [0.717, 1.165) is 39.8 Å². The van der Waals surface area contributed by atoms with Crippen LogP contribution in [0.15, 0.2) is 66.9 Å². The minimum Gasteiger partial charge on any atom is -0.497 e. The molecule has 9 heteroatoms. The summed E-state index contributed by atoms with van der Waals surface area (Å²) in [4.78, 5) is 6.79. The van der Waals surface area contributed by atoms with E-state index in [9.17, 15) is 0 Å². The molecule has 7 nitrogen and oxygen atoms in total. The zero-order valence-electron chi connectivity index (χ0n) is 21.9. The van der Waals surface area contributed by atoms with Crippen LogP contribution in [0.1, 0.15) is 34.7 Å². The molecule has 1 aliphatic heterocycles. The van der Waals surface area contributed by atoms with E-state index in [-0.39, 0.29) is 12.1 Å². The Kier molecular flexibility index (Phi) is 7.19. The van der Waals surface area contributed by atoms with Gasteiger partial charge in [0.15, 0.2) is 5.11 Å². The number of aryl methyl sites for hydroxylation is 1. The molecule has 3 heterocycles. The molecule has 0 bridgehead atoms. The number of nitrogens with one attached hydrogen (secondary N) is 1. The largest absolute Gasteiger partial charge is 0.497 e. The monoisotopic (exact) mass is 548 g/mol. The van der Waals surface area contributed by atoms with Crippen molar-refractivity contribution < 1.29 is 14.2 Å². The van der Waals surface area contributed by atoms with Crippen molar-refractivity contribution in [2.24, 2.45) is 0 Å². The molecule has 2 atom stereocenters. The van der Waals surface area contributed by atoms with Crippen molar-refractivity contribution in [2.75, 3.05) is 26.2 Å². The third-order valence-corrected chi connectivity index (χ3v) is 7.46. The van der Waals surface area contributed by atoms with Gasteiger partial charge in [-0.1, -0.05) is 17.7 Å². The van der Waals surface area contributed by atoms with E-state index in [0.29, 0.717) is 21.6 Å². The highest BCUT2D eigenvalue weighted by Crippen LogP contribution is 2.47. The maximum atomic E-state index is 6.41. The number of anilines is 1. The second-order valence-electron chi connectivity index (χ2n) is 9.01. The number of benzene rings is 2. The lowest BCUT2D eigenvalue weighted by atomic mass is 9.96. The van der Waals surface area contributed by atoms with Gasteiger partial charge in [-0.05, 0) is 80.2 Å². The minimum absolute atomic E-state index is 0.203. The Labute approximate surface area is 232 Å². The van der Waals surface area contributed by atoms with Crippen molar-refractivity contribution in [3.05, 3.63) is 94.5 Å². The van der Waals surface area contributed by atoms with Gasteiger partial charge in [-0.2, -0.15) is 0 Å². The van der Waals surface area contributed by atoms with Crippen LogP contribution in [-0.2, 0) is 0 Å². The van der Waals surface area contributed by atoms with Gasteiger partial charge in [-0.3, -0.25) is 4.98 Å². The standard InChI is InChI=1S/C29H29ClN4O3S/c1-17-14-21(18(2)33(17)24-15-19(30)9-12-25(24)36-4)28-27(22-8-6-7-13-31-22)32-29(38)34(28)23-11-10-20(35-3)16-26(23)37-5/h6-16,27-28H,1-5H3,(H,32,38)/t27-,28+/m1/s1. The molecule has 5 rings (SSSR count). The molecular weight excluding hydrogens is 520 g/mol. The topological polar surface area (TPSA) is 60.8 Å². The van der Waals surface area contributed by atoms with Crippen molar-refractivity contribution >= 4 is 34.6 Å². The summed E-state index contributed by atoms with van der Waals surface area (Å²) in [7, 11) is 4.94. The van der Waals surface area contributed by atoms with E-state index in [1.807, 2.05) is 54.6 Å². The molecule has 2 aromatic carbocycles. The molecule has 0 saturated carbocycles. The maximum absolute atomic E-state index is 6.41. The molecule has 0 aliphatic carbocycles. The molecule has 0 amide bonds. The number of ether oxygens (including phenoxy) is 3. The molecule has 1 aliphatic rings. The molecule has 1 fully saturated rings. The lowest BCUT2D eigenvalue weighted by Crippen LogP contribution is -2.30. The summed E-state index contributed by atoms with van der Waals surface area (Å²) >= 11 is 12.3. The van der Waals surface area contributed by atoms with Crippen LogP contribution in [0, 0.1) is 13.8 Å². The van der Waals surface area contributed by atoms with Gasteiger partial charge in [0.25, 0.3) is 0 Å². The Hall–Kier alpha value is -3.75. The molecule has 0 unspecified atom stereocenters. The van der Waals surface area contributed by atoms with E-state index in [1.54, 1.807) is 27.5 Å². The molecule has 4 aromatic rings. The minimum atomic E-state index is -0.218. The fraction of sp³-hybridized carbons (Fsp3) is 0.241. The van der Waals surface area contributed by atoms with Crippen LogP contribution in [0.3, 0.4) is 0 Å². The highest BCUT2D eigenvalue weighted by molar-refractivity contribution is 7.80. The number of nitrogens with zero attached hydrogens (tertiary/aromatic N) is 3. The van der Waals surface area contributed by atoms with Crippen LogP contribution in [0.4, 0.5) is 5.69 Å². The van der Waals surface area contributed by atoms with Gasteiger partial charge in [-0.25, -0.2) is 0 Å². The van der Waals surface area contributed by atoms with Gasteiger partial charge >= 0.3 is 0 Å². The number of rotatable bonds is 7. The van der Waals surface area contributed by atoms with Crippen molar-refractivity contribution in [3.8, 4) is 22.9 Å². The highest BCUT2D eigenvalue weighted by Gasteiger charge is 2.43. The number of methoxy groups -OCH3 is 3. The second-order valence-corrected chi connectivity index (χ2v) is 9.84. The summed E-state index contributed by atoms with van der Waals surface area (Å²) in [6, 6.07) is 19.1. The zero-order chi connectivity index (χ0) is 27.0. The fourth-order valence-electron chi connectivity index (χ4n) is 5.21. The Bertz CT molecular complexity index is 1490. The van der Waals surface area contributed by atoms with Crippen LogP contribution in [0.25, 0.3) is 5.69 Å². The summed E-state index contributed by atoms with van der Waals surface area (Å²) in [6.07, 6.45) is 1.80. The number of hydrogen-bond donors (Lipinski definition) is 1. The summed E-state index contributed by atoms with van der Waals surface area (Å²) in [6.45, 7) is 4.18. The zero-order valence-corrected chi connectivity index (χ0v) is 23.4. The van der Waals surface area contributed by atoms with Gasteiger partial charge < -0.3 is 29.0 Å². The molecule has 2 aromatic heterocycles. The summed E-state index contributed by atoms with van der Waals surface area (Å²) < 4.78 is 19.1. The smallest absolute Gasteiger partial charge is 0.174 e. The van der Waals surface area contributed by atoms with Gasteiger partial charge in [-0.15, -0.1) is 0 Å². The molecule has 38 heavy (non-hydrogen) atoms. The summed E-state index contributed by atoms with van der Waals surface area (Å²) in [5.74, 6) is 2.09. The molecule has 196 valence electrons. The quantitative estimate of drug-likeness (QED) is 0.270. The first-order valence-electron chi connectivity index (χ1n) is 12.1. The van der Waals surface area contributed by atoms with Crippen molar-refractivity contribution in [3.63, 3.8) is 0 Å². The van der Waals surface area contributed by atoms with Crippen molar-refractivity contribution in [1.82, 2.24) is 14.9 Å². The Morgan fingerprint density at radius 2 is 1.68 bits per heavy atom. The summed E-state index contributed by atoms with van der Waals surface area (Å²) in [5, 5.41) is 4.74. The van der Waals surface area contributed by atoms with Gasteiger partial charge in [0.1, 0.15) is 17.2 Å². The normalized spacial score (nSPS) is 16.9. The fourth-order valence-corrected chi connectivity index (χ4v) is 5.72. The van der Waals surface area contributed by atoms with E-state index in [1.165, 1.54) is 0 Å². The predicted octanol–water partition coefficient (Wildman–Crippen LogP) is 6.35. The van der Waals surface area contributed by atoms with Crippen LogP contribution >= 0.6 is 23.8 Å². The van der Waals surface area contributed by atoms with Gasteiger partial charge in [0.2, 0.25) is 0 Å². The Morgan fingerprint density at radius 1 is 0.895 bits per heavy atom. The first-order valence-corrected chi connectivity index (χ1v) is 12.9. The maximum Gasteiger partial charge on any atom is 0.174 e. The molecule has 1 saturated heterocycles. The number of pyridine rings is 1. The molecule has 1 N–H and O–H groups in total. The Balaban J connectivity index is 1.72. The summed E-state index contributed by atoms with van der Waals surface area (Å²) in [5.41, 5.74) is 5.76. The number of thiocarbonyl (C=S) groups is 1. The molecule has 0 radical (unpaired) electrons. The highest BCUT2D eigenvalue weighted by atomic mass is 35.5. The number of hydrogen-bond acceptors (Lipinski definition) is 5. The van der Waals surface area contributed by atoms with Crippen molar-refractivity contribution in [2.45, 2.75) is 25.9 Å². The van der Waals surface area contributed by atoms with Crippen LogP contribution in [0.2, 0.25) is 5.02 Å². The van der Waals surface area contributed by atoms with Crippen LogP contribution in [-0.4, -0.2) is 36.0 Å². The predicted molar refractivity (Wildman–Crippen MR) is 154 cm³/mol. The van der Waals surface area contributed by atoms with Gasteiger partial charge in [0.05, 0.1) is 50.5 Å². The molecular formula is C29H29ClN4O3S. The average molecular weight is 549 g/mol. The Morgan fingerprint density at radius 3 is 2.37 bits per heavy atom. The number of halogens is 1. The van der Waals surface area contributed by atoms with Gasteiger partial charge in [0, 0.05) is 28.7 Å². The lowest BCUT2D eigenvalue weighted by molar-refractivity contribution is 0.394. The average Bonchev–Trinajstić information content (AvgIpc) is 3.43. The number of aromatic nitrogens is 2. The van der Waals surface area contributed by atoms with Crippen molar-refractivity contribution in [1.29, 1.82) is 0 Å². The van der Waals surface area contributed by atoms with E-state index < -0.39 is 0 Å². The van der Waals surface area contributed by atoms with E-state index in [4.69, 9.17) is 38.0 Å². The van der Waals surface area contributed by atoms with E-state index >= 15 is 0 Å².